The zero-order valence-electron chi connectivity index (χ0n) is 15.1. The van der Waals surface area contributed by atoms with Crippen LogP contribution in [-0.2, 0) is 11.2 Å². The van der Waals surface area contributed by atoms with Gasteiger partial charge in [-0.25, -0.2) is 4.98 Å². The number of carbonyl (C=O) groups is 1. The Hall–Kier alpha value is -2.60. The van der Waals surface area contributed by atoms with Gasteiger partial charge in [-0.15, -0.1) is 0 Å². The number of hydrogen-bond donors (Lipinski definition) is 0. The number of benzene rings is 1. The van der Waals surface area contributed by atoms with Crippen LogP contribution < -0.4 is 14.4 Å². The van der Waals surface area contributed by atoms with E-state index in [0.717, 1.165) is 43.0 Å². The Kier molecular flexibility index (Phi) is 4.51. The summed E-state index contributed by atoms with van der Waals surface area (Å²) in [6.45, 7) is 4.07. The van der Waals surface area contributed by atoms with Crippen molar-refractivity contribution in [2.75, 3.05) is 45.2 Å². The van der Waals surface area contributed by atoms with E-state index in [-0.39, 0.29) is 11.9 Å². The first-order chi connectivity index (χ1) is 12.6. The highest BCUT2D eigenvalue weighted by Gasteiger charge is 2.31. The van der Waals surface area contributed by atoms with Gasteiger partial charge >= 0.3 is 5.97 Å². The standard InChI is InChI=1S/C20H23N3O3/c1-22-7-9-23(10-8-22)16-4-3-15-11-17(20(24)26-18(15)13-16)14-5-6-21-19(12-14)25-2/h3-6,12-13,17H,7-11H2,1-2H3. The molecule has 1 aromatic carbocycles. The third kappa shape index (κ3) is 3.24. The van der Waals surface area contributed by atoms with Crippen molar-refractivity contribution in [3.63, 3.8) is 0 Å². The summed E-state index contributed by atoms with van der Waals surface area (Å²) in [6, 6.07) is 9.86. The number of carbonyl (C=O) groups excluding carboxylic acids is 1. The average Bonchev–Trinajstić information content (AvgIpc) is 2.67. The van der Waals surface area contributed by atoms with Crippen LogP contribution in [-0.4, -0.2) is 56.2 Å². The lowest BCUT2D eigenvalue weighted by Crippen LogP contribution is -2.44. The molecule has 6 nitrogen and oxygen atoms in total. The number of anilines is 1. The van der Waals surface area contributed by atoms with Crippen LogP contribution in [0, 0.1) is 0 Å². The smallest absolute Gasteiger partial charge is 0.319 e. The molecule has 0 saturated carbocycles. The summed E-state index contributed by atoms with van der Waals surface area (Å²) in [5.74, 6) is 0.644. The summed E-state index contributed by atoms with van der Waals surface area (Å²) in [7, 11) is 3.71. The van der Waals surface area contributed by atoms with Crippen LogP contribution in [0.4, 0.5) is 5.69 Å². The van der Waals surface area contributed by atoms with E-state index in [1.807, 2.05) is 12.1 Å². The molecule has 0 N–H and O–H groups in total. The molecule has 1 fully saturated rings. The minimum absolute atomic E-state index is 0.221. The van der Waals surface area contributed by atoms with Crippen molar-refractivity contribution < 1.29 is 14.3 Å². The number of methoxy groups -OCH3 is 1. The van der Waals surface area contributed by atoms with Crippen molar-refractivity contribution >= 4 is 11.7 Å². The number of aromatic nitrogens is 1. The number of fused-ring (bicyclic) bond motifs is 1. The van der Waals surface area contributed by atoms with Gasteiger partial charge in [0.15, 0.2) is 0 Å². The maximum absolute atomic E-state index is 12.6. The second-order valence-electron chi connectivity index (χ2n) is 6.89. The number of pyridine rings is 1. The lowest BCUT2D eigenvalue weighted by molar-refractivity contribution is -0.137. The SMILES string of the molecule is COc1cc(C2Cc3ccc(N4CCN(C)CC4)cc3OC2=O)ccn1. The molecule has 4 rings (SSSR count). The Bertz CT molecular complexity index is 816. The van der Waals surface area contributed by atoms with E-state index in [4.69, 9.17) is 9.47 Å². The third-order valence-electron chi connectivity index (χ3n) is 5.21. The summed E-state index contributed by atoms with van der Waals surface area (Å²) in [6.07, 6.45) is 2.29. The Morgan fingerprint density at radius 2 is 1.96 bits per heavy atom. The molecule has 3 heterocycles. The highest BCUT2D eigenvalue weighted by molar-refractivity contribution is 5.83. The molecule has 6 heteroatoms. The summed E-state index contributed by atoms with van der Waals surface area (Å²) >= 11 is 0. The molecule has 136 valence electrons. The first-order valence-electron chi connectivity index (χ1n) is 8.92. The highest BCUT2D eigenvalue weighted by Crippen LogP contribution is 2.36. The van der Waals surface area contributed by atoms with Crippen molar-refractivity contribution in [3.8, 4) is 11.6 Å². The second kappa shape index (κ2) is 6.96. The summed E-state index contributed by atoms with van der Waals surface area (Å²) in [4.78, 5) is 21.4. The minimum atomic E-state index is -0.325. The van der Waals surface area contributed by atoms with E-state index < -0.39 is 0 Å². The van der Waals surface area contributed by atoms with Crippen LogP contribution in [0.25, 0.3) is 0 Å². The minimum Gasteiger partial charge on any atom is -0.481 e. The molecular formula is C20H23N3O3. The van der Waals surface area contributed by atoms with Gasteiger partial charge in [-0.3, -0.25) is 4.79 Å². The van der Waals surface area contributed by atoms with Crippen molar-refractivity contribution in [2.24, 2.45) is 0 Å². The molecule has 1 atom stereocenters. The molecular weight excluding hydrogens is 330 g/mol. The van der Waals surface area contributed by atoms with Gasteiger partial charge in [0.05, 0.1) is 13.0 Å². The first-order valence-corrected chi connectivity index (χ1v) is 8.92. The molecule has 0 spiro atoms. The maximum Gasteiger partial charge on any atom is 0.319 e. The number of esters is 1. The van der Waals surface area contributed by atoms with Crippen LogP contribution in [0.1, 0.15) is 17.0 Å². The van der Waals surface area contributed by atoms with E-state index >= 15 is 0 Å². The van der Waals surface area contributed by atoms with Crippen molar-refractivity contribution in [3.05, 3.63) is 47.7 Å². The van der Waals surface area contributed by atoms with Crippen LogP contribution in [0.15, 0.2) is 36.5 Å². The van der Waals surface area contributed by atoms with Gasteiger partial charge < -0.3 is 19.3 Å². The molecule has 1 saturated heterocycles. The number of likely N-dealkylation sites (N-methyl/N-ethyl adjacent to an activating group) is 1. The van der Waals surface area contributed by atoms with Crippen LogP contribution in [0.3, 0.4) is 0 Å². The van der Waals surface area contributed by atoms with E-state index in [2.05, 4.69) is 34.0 Å². The van der Waals surface area contributed by atoms with Crippen molar-refractivity contribution in [2.45, 2.75) is 12.3 Å². The summed E-state index contributed by atoms with van der Waals surface area (Å²) in [5, 5.41) is 0. The normalized spacial score (nSPS) is 20.5. The summed E-state index contributed by atoms with van der Waals surface area (Å²) in [5.41, 5.74) is 3.05. The molecule has 0 bridgehead atoms. The number of piperazine rings is 1. The van der Waals surface area contributed by atoms with Gasteiger partial charge in [0.1, 0.15) is 5.75 Å². The molecule has 1 aromatic heterocycles. The van der Waals surface area contributed by atoms with Gasteiger partial charge in [0.2, 0.25) is 5.88 Å². The van der Waals surface area contributed by atoms with E-state index in [0.29, 0.717) is 18.1 Å². The van der Waals surface area contributed by atoms with Crippen molar-refractivity contribution in [1.82, 2.24) is 9.88 Å². The number of nitrogens with zero attached hydrogens (tertiary/aromatic N) is 3. The monoisotopic (exact) mass is 353 g/mol. The fourth-order valence-electron chi connectivity index (χ4n) is 3.56. The molecule has 0 amide bonds. The second-order valence-corrected chi connectivity index (χ2v) is 6.89. The predicted molar refractivity (Wildman–Crippen MR) is 99.0 cm³/mol. The number of hydrogen-bond acceptors (Lipinski definition) is 6. The van der Waals surface area contributed by atoms with Crippen molar-refractivity contribution in [1.29, 1.82) is 0 Å². The van der Waals surface area contributed by atoms with Gasteiger partial charge in [-0.05, 0) is 36.7 Å². The molecule has 2 aromatic rings. The molecule has 0 aliphatic carbocycles. The lowest BCUT2D eigenvalue weighted by atomic mass is 9.90. The highest BCUT2D eigenvalue weighted by atomic mass is 16.5. The zero-order chi connectivity index (χ0) is 18.1. The zero-order valence-corrected chi connectivity index (χ0v) is 15.1. The van der Waals surface area contributed by atoms with Crippen LogP contribution in [0.5, 0.6) is 11.6 Å². The van der Waals surface area contributed by atoms with Gasteiger partial charge in [-0.2, -0.15) is 0 Å². The molecule has 0 radical (unpaired) electrons. The topological polar surface area (TPSA) is 54.9 Å². The summed E-state index contributed by atoms with van der Waals surface area (Å²) < 4.78 is 10.9. The van der Waals surface area contributed by atoms with Crippen LogP contribution in [0.2, 0.25) is 0 Å². The van der Waals surface area contributed by atoms with Gasteiger partial charge in [-0.1, -0.05) is 6.07 Å². The molecule has 26 heavy (non-hydrogen) atoms. The number of ether oxygens (including phenoxy) is 2. The Balaban J connectivity index is 1.56. The van der Waals surface area contributed by atoms with E-state index in [1.165, 1.54) is 0 Å². The van der Waals surface area contributed by atoms with Crippen LogP contribution >= 0.6 is 0 Å². The first kappa shape index (κ1) is 16.8. The van der Waals surface area contributed by atoms with E-state index in [1.54, 1.807) is 19.4 Å². The number of rotatable bonds is 3. The Labute approximate surface area is 153 Å². The largest absolute Gasteiger partial charge is 0.481 e. The lowest BCUT2D eigenvalue weighted by Gasteiger charge is -2.34. The van der Waals surface area contributed by atoms with Gasteiger partial charge in [0, 0.05) is 50.2 Å². The quantitative estimate of drug-likeness (QED) is 0.622. The Morgan fingerprint density at radius 3 is 2.73 bits per heavy atom. The maximum atomic E-state index is 12.6. The van der Waals surface area contributed by atoms with Gasteiger partial charge in [0.25, 0.3) is 0 Å². The Morgan fingerprint density at radius 1 is 1.15 bits per heavy atom. The third-order valence-corrected chi connectivity index (χ3v) is 5.21. The predicted octanol–water partition coefficient (Wildman–Crippen LogP) is 2.09. The molecule has 2 aliphatic heterocycles. The fourth-order valence-corrected chi connectivity index (χ4v) is 3.56. The average molecular weight is 353 g/mol. The molecule has 1 unspecified atom stereocenters. The fraction of sp³-hybridized carbons (Fsp3) is 0.400. The van der Waals surface area contributed by atoms with E-state index in [9.17, 15) is 4.79 Å². The molecule has 2 aliphatic rings.